The van der Waals surface area contributed by atoms with E-state index in [1.165, 1.54) is 59.9 Å². The molecule has 160 valence electrons. The molecule has 0 bridgehead atoms. The molecule has 6 aromatic rings. The standard InChI is InChI=1S/C28H30N3Si/c1-16(2)19-9-8-10-22-25(19)20-12-11-17(3)24-27(20)31(22)23-14-18(32(5,6)7)13-21-26(23)28(24)30(4)15-29-21/h8-16H,1-7H3/q+1. The number of pyridine rings is 1. The van der Waals surface area contributed by atoms with E-state index in [4.69, 9.17) is 4.98 Å². The molecule has 0 saturated carbocycles. The lowest BCUT2D eigenvalue weighted by Gasteiger charge is -2.19. The van der Waals surface area contributed by atoms with Crippen molar-refractivity contribution >= 4 is 62.4 Å². The molecule has 0 aliphatic carbocycles. The van der Waals surface area contributed by atoms with Crippen LogP contribution in [0.3, 0.4) is 0 Å². The lowest BCUT2D eigenvalue weighted by Crippen LogP contribution is -2.38. The number of hydrogen-bond donors (Lipinski definition) is 0. The number of rotatable bonds is 2. The summed E-state index contributed by atoms with van der Waals surface area (Å²) >= 11 is 0. The van der Waals surface area contributed by atoms with Crippen LogP contribution in [0.4, 0.5) is 0 Å². The van der Waals surface area contributed by atoms with Crippen molar-refractivity contribution in [2.75, 3.05) is 0 Å². The summed E-state index contributed by atoms with van der Waals surface area (Å²) in [6.45, 7) is 14.1. The predicted molar refractivity (Wildman–Crippen MR) is 139 cm³/mol. The van der Waals surface area contributed by atoms with Crippen LogP contribution in [-0.4, -0.2) is 17.5 Å². The summed E-state index contributed by atoms with van der Waals surface area (Å²) in [5.41, 5.74) is 9.08. The second-order valence-corrected chi connectivity index (χ2v) is 15.8. The molecular weight excluding hydrogens is 406 g/mol. The van der Waals surface area contributed by atoms with Gasteiger partial charge in [-0.25, -0.2) is 4.57 Å². The van der Waals surface area contributed by atoms with Gasteiger partial charge in [-0.1, -0.05) is 62.9 Å². The Kier molecular flexibility index (Phi) is 3.87. The maximum absolute atomic E-state index is 4.91. The van der Waals surface area contributed by atoms with Crippen molar-refractivity contribution in [1.29, 1.82) is 0 Å². The molecule has 3 aromatic heterocycles. The minimum Gasteiger partial charge on any atom is -0.308 e. The van der Waals surface area contributed by atoms with Gasteiger partial charge in [0, 0.05) is 16.2 Å². The van der Waals surface area contributed by atoms with Gasteiger partial charge in [0.05, 0.1) is 37.1 Å². The average Bonchev–Trinajstić information content (AvgIpc) is 3.08. The molecule has 3 nitrogen and oxygen atoms in total. The second-order valence-electron chi connectivity index (χ2n) is 10.7. The van der Waals surface area contributed by atoms with E-state index >= 15 is 0 Å². The fourth-order valence-electron chi connectivity index (χ4n) is 5.56. The van der Waals surface area contributed by atoms with Crippen LogP contribution in [0.5, 0.6) is 0 Å². The Hall–Kier alpha value is -2.98. The van der Waals surface area contributed by atoms with Crippen molar-refractivity contribution in [3.8, 4) is 0 Å². The Bertz CT molecular complexity index is 1700. The lowest BCUT2D eigenvalue weighted by atomic mass is 9.96. The Morgan fingerprint density at radius 1 is 0.938 bits per heavy atom. The molecule has 0 aliphatic heterocycles. The maximum Gasteiger partial charge on any atom is 0.287 e. The topological polar surface area (TPSA) is 21.2 Å². The van der Waals surface area contributed by atoms with Gasteiger partial charge < -0.3 is 4.40 Å². The zero-order valence-corrected chi connectivity index (χ0v) is 21.0. The second kappa shape index (κ2) is 6.29. The molecule has 0 amide bonds. The summed E-state index contributed by atoms with van der Waals surface area (Å²) in [5, 5.41) is 6.83. The van der Waals surface area contributed by atoms with E-state index in [2.05, 4.69) is 98.9 Å². The van der Waals surface area contributed by atoms with Crippen LogP contribution in [0, 0.1) is 6.92 Å². The van der Waals surface area contributed by atoms with Crippen molar-refractivity contribution in [2.45, 2.75) is 46.3 Å². The highest BCUT2D eigenvalue weighted by Gasteiger charge is 2.27. The highest BCUT2D eigenvalue weighted by molar-refractivity contribution is 6.89. The third-order valence-corrected chi connectivity index (χ3v) is 9.24. The van der Waals surface area contributed by atoms with Gasteiger partial charge in [-0.3, -0.25) is 0 Å². The maximum atomic E-state index is 4.91. The van der Waals surface area contributed by atoms with E-state index in [1.807, 2.05) is 6.33 Å². The molecule has 0 atom stereocenters. The molecule has 4 heteroatoms. The van der Waals surface area contributed by atoms with Crippen LogP contribution in [-0.2, 0) is 7.05 Å². The van der Waals surface area contributed by atoms with Crippen LogP contribution in [0.2, 0.25) is 19.6 Å². The molecular formula is C28H30N3Si+. The van der Waals surface area contributed by atoms with Crippen LogP contribution in [0.25, 0.3) is 49.1 Å². The molecule has 3 aromatic carbocycles. The Morgan fingerprint density at radius 3 is 2.44 bits per heavy atom. The van der Waals surface area contributed by atoms with Gasteiger partial charge in [-0.2, -0.15) is 0 Å². The third kappa shape index (κ3) is 2.42. The number of aryl methyl sites for hydroxylation is 2. The lowest BCUT2D eigenvalue weighted by molar-refractivity contribution is -0.646. The molecule has 0 radical (unpaired) electrons. The fourth-order valence-corrected chi connectivity index (χ4v) is 6.70. The number of nitrogens with zero attached hydrogens (tertiary/aromatic N) is 3. The first-order valence-corrected chi connectivity index (χ1v) is 15.1. The Morgan fingerprint density at radius 2 is 1.72 bits per heavy atom. The smallest absolute Gasteiger partial charge is 0.287 e. The van der Waals surface area contributed by atoms with Gasteiger partial charge >= 0.3 is 0 Å². The fraction of sp³-hybridized carbons (Fsp3) is 0.286. The van der Waals surface area contributed by atoms with Crippen LogP contribution < -0.4 is 9.75 Å². The van der Waals surface area contributed by atoms with Gasteiger partial charge in [-0.05, 0) is 47.2 Å². The van der Waals surface area contributed by atoms with E-state index in [-0.39, 0.29) is 0 Å². The molecule has 0 fully saturated rings. The van der Waals surface area contributed by atoms with Gasteiger partial charge in [0.2, 0.25) is 0 Å². The number of benzene rings is 3. The molecule has 32 heavy (non-hydrogen) atoms. The van der Waals surface area contributed by atoms with Gasteiger partial charge in [0.15, 0.2) is 5.52 Å². The predicted octanol–water partition coefficient (Wildman–Crippen LogP) is 6.19. The number of aromatic nitrogens is 3. The molecule has 6 rings (SSSR count). The number of fused-ring (bicyclic) bond motifs is 5. The zero-order valence-electron chi connectivity index (χ0n) is 20.0. The van der Waals surface area contributed by atoms with Crippen LogP contribution in [0.1, 0.15) is 30.9 Å². The summed E-state index contributed by atoms with van der Waals surface area (Å²) in [6.07, 6.45) is 1.99. The molecule has 0 unspecified atom stereocenters. The van der Waals surface area contributed by atoms with Crippen molar-refractivity contribution in [2.24, 2.45) is 7.05 Å². The third-order valence-electron chi connectivity index (χ3n) is 7.22. The van der Waals surface area contributed by atoms with Crippen LogP contribution >= 0.6 is 0 Å². The number of hydrogen-bond acceptors (Lipinski definition) is 1. The SMILES string of the molecule is Cc1ccc2c3c(C(C)C)cccc3n3c4cc([Si](C)(C)C)cc5nc[n+](C)c(c1c23)c54. The van der Waals surface area contributed by atoms with Crippen molar-refractivity contribution in [3.63, 3.8) is 0 Å². The summed E-state index contributed by atoms with van der Waals surface area (Å²) < 4.78 is 4.76. The molecule has 0 saturated heterocycles. The highest BCUT2D eigenvalue weighted by atomic mass is 28.3. The summed E-state index contributed by atoms with van der Waals surface area (Å²) in [5.74, 6) is 0.469. The van der Waals surface area contributed by atoms with Crippen molar-refractivity contribution in [1.82, 2.24) is 9.38 Å². The zero-order chi connectivity index (χ0) is 22.5. The largest absolute Gasteiger partial charge is 0.308 e. The summed E-state index contributed by atoms with van der Waals surface area (Å²) in [6, 6.07) is 16.3. The quantitative estimate of drug-likeness (QED) is 0.137. The monoisotopic (exact) mass is 436 g/mol. The van der Waals surface area contributed by atoms with E-state index in [9.17, 15) is 0 Å². The van der Waals surface area contributed by atoms with Gasteiger partial charge in [0.1, 0.15) is 5.52 Å². The van der Waals surface area contributed by atoms with Crippen LogP contribution in [0.15, 0.2) is 48.8 Å². The van der Waals surface area contributed by atoms with E-state index in [0.717, 1.165) is 5.52 Å². The minimum absolute atomic E-state index is 0.469. The Labute approximate surface area is 189 Å². The molecule has 0 spiro atoms. The molecule has 3 heterocycles. The average molecular weight is 437 g/mol. The molecule has 0 N–H and O–H groups in total. The first kappa shape index (κ1) is 19.7. The van der Waals surface area contributed by atoms with Gasteiger partial charge in [0.25, 0.3) is 6.33 Å². The summed E-state index contributed by atoms with van der Waals surface area (Å²) in [4.78, 5) is 4.91. The first-order chi connectivity index (χ1) is 15.2. The Balaban J connectivity index is 2.05. The van der Waals surface area contributed by atoms with E-state index in [1.54, 1.807) is 0 Å². The highest BCUT2D eigenvalue weighted by Crippen LogP contribution is 2.42. The summed E-state index contributed by atoms with van der Waals surface area (Å²) in [7, 11) is 0.606. The van der Waals surface area contributed by atoms with Gasteiger partial charge in [-0.15, -0.1) is 0 Å². The van der Waals surface area contributed by atoms with Crippen molar-refractivity contribution in [3.05, 3.63) is 59.9 Å². The normalized spacial score (nSPS) is 13.1. The molecule has 0 aliphatic rings. The minimum atomic E-state index is -1.53. The van der Waals surface area contributed by atoms with E-state index < -0.39 is 8.07 Å². The van der Waals surface area contributed by atoms with Crippen molar-refractivity contribution < 1.29 is 4.57 Å². The first-order valence-electron chi connectivity index (χ1n) is 11.6. The van der Waals surface area contributed by atoms with E-state index in [0.29, 0.717) is 5.92 Å².